The molecule has 0 aromatic carbocycles. The highest BCUT2D eigenvalue weighted by Crippen LogP contribution is 2.28. The maximum absolute atomic E-state index is 12.4. The van der Waals surface area contributed by atoms with Gasteiger partial charge in [-0.25, -0.2) is 8.42 Å². The fourth-order valence-electron chi connectivity index (χ4n) is 2.02. The van der Waals surface area contributed by atoms with Gasteiger partial charge in [0.05, 0.1) is 11.4 Å². The van der Waals surface area contributed by atoms with Crippen LogP contribution < -0.4 is 0 Å². The van der Waals surface area contributed by atoms with Crippen LogP contribution >= 0.6 is 0 Å². The van der Waals surface area contributed by atoms with Gasteiger partial charge in [0.15, 0.2) is 0 Å². The van der Waals surface area contributed by atoms with Crippen molar-refractivity contribution in [2.24, 2.45) is 0 Å². The van der Waals surface area contributed by atoms with E-state index in [0.29, 0.717) is 13.0 Å². The zero-order chi connectivity index (χ0) is 14.0. The van der Waals surface area contributed by atoms with Gasteiger partial charge in [-0.2, -0.15) is 4.31 Å². The minimum atomic E-state index is -3.48. The summed E-state index contributed by atoms with van der Waals surface area (Å²) < 4.78 is 30.3. The summed E-state index contributed by atoms with van der Waals surface area (Å²) in [6, 6.07) is -0.650. The standard InChI is InChI=1S/C12H23NO4S/c1-5-17-11(14)10-8-6-7-9-13(10)18(15,16)12(2,3)4/h10H,5-9H2,1-4H3. The molecule has 0 aromatic heterocycles. The molecule has 0 radical (unpaired) electrons. The van der Waals surface area contributed by atoms with Crippen LogP contribution in [0.15, 0.2) is 0 Å². The lowest BCUT2D eigenvalue weighted by Gasteiger charge is -2.37. The summed E-state index contributed by atoms with van der Waals surface area (Å²) in [6.45, 7) is 7.36. The summed E-state index contributed by atoms with van der Waals surface area (Å²) in [5, 5.41) is 0. The van der Waals surface area contributed by atoms with E-state index in [9.17, 15) is 13.2 Å². The summed E-state index contributed by atoms with van der Waals surface area (Å²) in [5.74, 6) is -0.426. The number of ether oxygens (including phenoxy) is 1. The predicted octanol–water partition coefficient (Wildman–Crippen LogP) is 1.53. The largest absolute Gasteiger partial charge is 0.465 e. The molecule has 0 aliphatic carbocycles. The Kier molecular flexibility index (Phi) is 4.78. The molecule has 1 unspecified atom stereocenters. The summed E-state index contributed by atoms with van der Waals surface area (Å²) in [4.78, 5) is 11.9. The van der Waals surface area contributed by atoms with Crippen LogP contribution in [-0.4, -0.2) is 42.6 Å². The number of hydrogen-bond donors (Lipinski definition) is 0. The van der Waals surface area contributed by atoms with E-state index in [1.807, 2.05) is 0 Å². The van der Waals surface area contributed by atoms with E-state index in [0.717, 1.165) is 12.8 Å². The summed E-state index contributed by atoms with van der Waals surface area (Å²) in [6.07, 6.45) is 2.21. The quantitative estimate of drug-likeness (QED) is 0.734. The summed E-state index contributed by atoms with van der Waals surface area (Å²) in [7, 11) is -3.48. The molecule has 1 heterocycles. The van der Waals surface area contributed by atoms with Crippen LogP contribution in [0, 0.1) is 0 Å². The molecule has 6 heteroatoms. The number of nitrogens with zero attached hydrogens (tertiary/aromatic N) is 1. The second-order valence-corrected chi connectivity index (χ2v) is 8.14. The monoisotopic (exact) mass is 277 g/mol. The van der Waals surface area contributed by atoms with Gasteiger partial charge >= 0.3 is 5.97 Å². The van der Waals surface area contributed by atoms with Gasteiger partial charge in [-0.3, -0.25) is 4.79 Å². The number of sulfonamides is 1. The molecule has 0 aromatic rings. The van der Waals surface area contributed by atoms with Crippen molar-refractivity contribution in [3.05, 3.63) is 0 Å². The molecule has 1 aliphatic heterocycles. The lowest BCUT2D eigenvalue weighted by atomic mass is 10.1. The van der Waals surface area contributed by atoms with E-state index in [-0.39, 0.29) is 6.61 Å². The first kappa shape index (κ1) is 15.4. The summed E-state index contributed by atoms with van der Waals surface area (Å²) >= 11 is 0. The molecule has 1 rings (SSSR count). The van der Waals surface area contributed by atoms with Crippen molar-refractivity contribution in [3.8, 4) is 0 Å². The van der Waals surface area contributed by atoms with Crippen molar-refractivity contribution in [1.29, 1.82) is 0 Å². The number of esters is 1. The van der Waals surface area contributed by atoms with Crippen LogP contribution in [0.2, 0.25) is 0 Å². The van der Waals surface area contributed by atoms with Gasteiger partial charge in [-0.05, 0) is 47.0 Å². The highest BCUT2D eigenvalue weighted by atomic mass is 32.2. The maximum atomic E-state index is 12.4. The Morgan fingerprint density at radius 1 is 1.33 bits per heavy atom. The Labute approximate surface area is 110 Å². The lowest BCUT2D eigenvalue weighted by Crippen LogP contribution is -2.53. The van der Waals surface area contributed by atoms with Crippen LogP contribution in [0.1, 0.15) is 47.0 Å². The Bertz CT molecular complexity index is 397. The Hall–Kier alpha value is -0.620. The zero-order valence-corrected chi connectivity index (χ0v) is 12.4. The maximum Gasteiger partial charge on any atom is 0.324 e. The average Bonchev–Trinajstić information content (AvgIpc) is 2.28. The van der Waals surface area contributed by atoms with Crippen molar-refractivity contribution >= 4 is 16.0 Å². The third-order valence-electron chi connectivity index (χ3n) is 3.09. The van der Waals surface area contributed by atoms with Crippen molar-refractivity contribution in [2.45, 2.75) is 57.7 Å². The second-order valence-electron chi connectivity index (χ2n) is 5.49. The third kappa shape index (κ3) is 3.03. The number of piperidine rings is 1. The van der Waals surface area contributed by atoms with E-state index in [1.54, 1.807) is 27.7 Å². The van der Waals surface area contributed by atoms with Crippen molar-refractivity contribution in [2.75, 3.05) is 13.2 Å². The molecule has 0 spiro atoms. The number of rotatable bonds is 3. The highest BCUT2D eigenvalue weighted by Gasteiger charge is 2.43. The number of carbonyl (C=O) groups is 1. The molecule has 18 heavy (non-hydrogen) atoms. The molecule has 0 bridgehead atoms. The van der Waals surface area contributed by atoms with E-state index >= 15 is 0 Å². The number of hydrogen-bond acceptors (Lipinski definition) is 4. The molecular weight excluding hydrogens is 254 g/mol. The smallest absolute Gasteiger partial charge is 0.324 e. The minimum Gasteiger partial charge on any atom is -0.465 e. The zero-order valence-electron chi connectivity index (χ0n) is 11.6. The summed E-state index contributed by atoms with van der Waals surface area (Å²) in [5.41, 5.74) is 0. The van der Waals surface area contributed by atoms with E-state index in [2.05, 4.69) is 0 Å². The van der Waals surface area contributed by atoms with Crippen molar-refractivity contribution < 1.29 is 17.9 Å². The molecule has 106 valence electrons. The predicted molar refractivity (Wildman–Crippen MR) is 69.7 cm³/mol. The lowest BCUT2D eigenvalue weighted by molar-refractivity contribution is -0.148. The topological polar surface area (TPSA) is 63.7 Å². The molecule has 0 N–H and O–H groups in total. The highest BCUT2D eigenvalue weighted by molar-refractivity contribution is 7.90. The Balaban J connectivity index is 3.00. The van der Waals surface area contributed by atoms with Gasteiger partial charge in [-0.15, -0.1) is 0 Å². The van der Waals surface area contributed by atoms with E-state index < -0.39 is 26.8 Å². The molecule has 0 saturated carbocycles. The minimum absolute atomic E-state index is 0.277. The average molecular weight is 277 g/mol. The van der Waals surface area contributed by atoms with Crippen molar-refractivity contribution in [1.82, 2.24) is 4.31 Å². The molecule has 1 atom stereocenters. The van der Waals surface area contributed by atoms with Crippen LogP contribution in [0.25, 0.3) is 0 Å². The third-order valence-corrected chi connectivity index (χ3v) is 5.70. The first-order valence-corrected chi connectivity index (χ1v) is 7.84. The molecule has 1 fully saturated rings. The Morgan fingerprint density at radius 3 is 2.44 bits per heavy atom. The van der Waals surface area contributed by atoms with Gasteiger partial charge in [0.25, 0.3) is 0 Å². The molecule has 5 nitrogen and oxygen atoms in total. The normalized spacial score (nSPS) is 22.8. The van der Waals surface area contributed by atoms with Gasteiger partial charge < -0.3 is 4.74 Å². The van der Waals surface area contributed by atoms with Gasteiger partial charge in [0.1, 0.15) is 6.04 Å². The fraction of sp³-hybridized carbons (Fsp3) is 0.917. The van der Waals surface area contributed by atoms with Gasteiger partial charge in [0, 0.05) is 6.54 Å². The van der Waals surface area contributed by atoms with Crippen LogP contribution in [0.5, 0.6) is 0 Å². The molecule has 1 aliphatic rings. The van der Waals surface area contributed by atoms with Crippen molar-refractivity contribution in [3.63, 3.8) is 0 Å². The molecule has 1 saturated heterocycles. The van der Waals surface area contributed by atoms with Gasteiger partial charge in [-0.1, -0.05) is 0 Å². The SMILES string of the molecule is CCOC(=O)C1CCCCN1S(=O)(=O)C(C)(C)C. The van der Waals surface area contributed by atoms with E-state index in [1.165, 1.54) is 4.31 Å². The first-order chi connectivity index (χ1) is 8.21. The molecular formula is C12H23NO4S. The Morgan fingerprint density at radius 2 is 1.94 bits per heavy atom. The van der Waals surface area contributed by atoms with Gasteiger partial charge in [0.2, 0.25) is 10.0 Å². The first-order valence-electron chi connectivity index (χ1n) is 6.40. The van der Waals surface area contributed by atoms with Crippen LogP contribution in [0.3, 0.4) is 0 Å². The fourth-order valence-corrected chi connectivity index (χ4v) is 3.62. The van der Waals surface area contributed by atoms with Crippen LogP contribution in [-0.2, 0) is 19.6 Å². The molecule has 0 amide bonds. The van der Waals surface area contributed by atoms with E-state index in [4.69, 9.17) is 4.74 Å². The number of carbonyl (C=O) groups excluding carboxylic acids is 1. The van der Waals surface area contributed by atoms with Crippen LogP contribution in [0.4, 0.5) is 0 Å². The second kappa shape index (κ2) is 5.57.